The summed E-state index contributed by atoms with van der Waals surface area (Å²) in [6.07, 6.45) is 0.450. The molecule has 5 nitrogen and oxygen atoms in total. The molecule has 2 N–H and O–H groups in total. The quantitative estimate of drug-likeness (QED) is 0.120. The molecule has 0 aliphatic rings. The monoisotopic (exact) mass is 678 g/mol. The van der Waals surface area contributed by atoms with E-state index < -0.39 is 12.2 Å². The van der Waals surface area contributed by atoms with E-state index in [9.17, 15) is 10.2 Å². The lowest BCUT2D eigenvalue weighted by Gasteiger charge is -2.36. The van der Waals surface area contributed by atoms with E-state index >= 15 is 0 Å². The minimum Gasteiger partial charge on any atom is -0.504 e. The van der Waals surface area contributed by atoms with Gasteiger partial charge in [0.2, 0.25) is 0 Å². The minimum absolute atomic E-state index is 0.0478. The van der Waals surface area contributed by atoms with Crippen LogP contribution in [0.1, 0.15) is 75.0 Å². The first-order valence-electron chi connectivity index (χ1n) is 17.5. The average Bonchev–Trinajstić information content (AvgIpc) is 3.14. The number of hydrogen-bond acceptors (Lipinski definition) is 5. The van der Waals surface area contributed by atoms with Crippen molar-refractivity contribution < 1.29 is 24.4 Å². The summed E-state index contributed by atoms with van der Waals surface area (Å²) >= 11 is 0. The molecular weight excluding hydrogens is 633 g/mol. The summed E-state index contributed by atoms with van der Waals surface area (Å²) in [6.45, 7) is 8.93. The smallest absolute Gasteiger partial charge is 0.169 e. The third-order valence-corrected chi connectivity index (χ3v) is 9.48. The molecule has 0 spiro atoms. The third-order valence-electron chi connectivity index (χ3n) is 9.48. The predicted molar refractivity (Wildman–Crippen MR) is 204 cm³/mol. The second-order valence-corrected chi connectivity index (χ2v) is 14.3. The highest BCUT2D eigenvalue weighted by Gasteiger charge is 2.33. The van der Waals surface area contributed by atoms with E-state index in [1.54, 1.807) is 12.1 Å². The molecule has 6 aromatic rings. The SMILES string of the molecule is CC(C)(CC(OC(CC(C)(C)c1ccccc1)c1ccc(O)c(Oc2ccccc2)c1)c1ccc(O)c(Oc2ccccc2)c1)c1ccccc1. The highest BCUT2D eigenvalue weighted by molar-refractivity contribution is 5.47. The largest absolute Gasteiger partial charge is 0.504 e. The van der Waals surface area contributed by atoms with Gasteiger partial charge in [-0.1, -0.05) is 137 Å². The topological polar surface area (TPSA) is 68.2 Å². The van der Waals surface area contributed by atoms with Crippen molar-refractivity contribution in [3.05, 3.63) is 180 Å². The molecule has 5 heteroatoms. The number of phenols is 2. The molecule has 0 saturated carbocycles. The molecule has 0 radical (unpaired) electrons. The Labute approximate surface area is 301 Å². The van der Waals surface area contributed by atoms with Crippen molar-refractivity contribution in [3.63, 3.8) is 0 Å². The maximum Gasteiger partial charge on any atom is 0.169 e. The Morgan fingerprint density at radius 1 is 0.451 bits per heavy atom. The Morgan fingerprint density at radius 2 is 0.784 bits per heavy atom. The van der Waals surface area contributed by atoms with E-state index in [1.165, 1.54) is 11.1 Å². The summed E-state index contributed by atoms with van der Waals surface area (Å²) in [7, 11) is 0. The second-order valence-electron chi connectivity index (χ2n) is 14.3. The number of para-hydroxylation sites is 2. The van der Waals surface area contributed by atoms with Crippen LogP contribution in [0.4, 0.5) is 0 Å². The number of ether oxygens (including phenoxy) is 3. The lowest BCUT2D eigenvalue weighted by Crippen LogP contribution is -2.26. The molecule has 0 bridgehead atoms. The van der Waals surface area contributed by atoms with Gasteiger partial charge in [-0.25, -0.2) is 0 Å². The third kappa shape index (κ3) is 8.99. The van der Waals surface area contributed by atoms with Gasteiger partial charge < -0.3 is 24.4 Å². The van der Waals surface area contributed by atoms with Gasteiger partial charge in [0.15, 0.2) is 23.0 Å². The van der Waals surface area contributed by atoms with Crippen molar-refractivity contribution >= 4 is 0 Å². The molecule has 6 rings (SSSR count). The molecule has 0 aliphatic heterocycles. The summed E-state index contributed by atoms with van der Waals surface area (Å²) < 4.78 is 19.7. The van der Waals surface area contributed by atoms with E-state index in [-0.39, 0.29) is 22.3 Å². The predicted octanol–water partition coefficient (Wildman–Crippen LogP) is 12.2. The fourth-order valence-corrected chi connectivity index (χ4v) is 6.49. The number of hydrogen-bond donors (Lipinski definition) is 2. The zero-order chi connectivity index (χ0) is 35.8. The molecule has 0 fully saturated rings. The molecule has 0 saturated heterocycles. The van der Waals surface area contributed by atoms with Crippen molar-refractivity contribution in [3.8, 4) is 34.5 Å². The van der Waals surface area contributed by atoms with Gasteiger partial charge in [0.05, 0.1) is 12.2 Å². The summed E-state index contributed by atoms with van der Waals surface area (Å²) in [5.74, 6) is 2.07. The van der Waals surface area contributed by atoms with Crippen LogP contribution >= 0.6 is 0 Å². The normalized spacial score (nSPS) is 12.9. The Balaban J connectivity index is 1.43. The van der Waals surface area contributed by atoms with Crippen LogP contribution in [-0.4, -0.2) is 10.2 Å². The van der Waals surface area contributed by atoms with Gasteiger partial charge in [-0.05, 0) is 94.5 Å². The molecule has 260 valence electrons. The van der Waals surface area contributed by atoms with Crippen molar-refractivity contribution in [2.24, 2.45) is 0 Å². The van der Waals surface area contributed by atoms with Crippen LogP contribution in [0.3, 0.4) is 0 Å². The zero-order valence-electron chi connectivity index (χ0n) is 29.7. The van der Waals surface area contributed by atoms with Gasteiger partial charge >= 0.3 is 0 Å². The summed E-state index contributed by atoms with van der Waals surface area (Å²) in [5, 5.41) is 21.8. The lowest BCUT2D eigenvalue weighted by molar-refractivity contribution is -0.0413. The van der Waals surface area contributed by atoms with Crippen LogP contribution in [0.5, 0.6) is 34.5 Å². The first-order valence-corrected chi connectivity index (χ1v) is 17.5. The zero-order valence-corrected chi connectivity index (χ0v) is 29.7. The molecule has 6 aromatic carbocycles. The first kappa shape index (κ1) is 35.3. The van der Waals surface area contributed by atoms with Crippen LogP contribution in [-0.2, 0) is 15.6 Å². The first-order chi connectivity index (χ1) is 24.6. The van der Waals surface area contributed by atoms with Gasteiger partial charge in [-0.3, -0.25) is 0 Å². The molecular formula is C46H46O5. The van der Waals surface area contributed by atoms with Crippen LogP contribution in [0.25, 0.3) is 0 Å². The van der Waals surface area contributed by atoms with Crippen molar-refractivity contribution in [1.82, 2.24) is 0 Å². The highest BCUT2D eigenvalue weighted by Crippen LogP contribution is 2.45. The van der Waals surface area contributed by atoms with Crippen molar-refractivity contribution in [1.29, 1.82) is 0 Å². The molecule has 2 unspecified atom stereocenters. The van der Waals surface area contributed by atoms with E-state index in [1.807, 2.05) is 97.1 Å². The Hall–Kier alpha value is -5.52. The van der Waals surface area contributed by atoms with Gasteiger partial charge in [0, 0.05) is 0 Å². The Bertz CT molecular complexity index is 1840. The van der Waals surface area contributed by atoms with Crippen LogP contribution in [0, 0.1) is 0 Å². The molecule has 0 aromatic heterocycles. The van der Waals surface area contributed by atoms with E-state index in [2.05, 4.69) is 76.2 Å². The fraction of sp³-hybridized carbons (Fsp3) is 0.217. The number of phenolic OH excluding ortho intramolecular Hbond substituents is 2. The van der Waals surface area contributed by atoms with Gasteiger partial charge in [-0.2, -0.15) is 0 Å². The number of aromatic hydroxyl groups is 2. The van der Waals surface area contributed by atoms with Crippen molar-refractivity contribution in [2.75, 3.05) is 0 Å². The van der Waals surface area contributed by atoms with Gasteiger partial charge in [0.25, 0.3) is 0 Å². The number of benzene rings is 6. The highest BCUT2D eigenvalue weighted by atomic mass is 16.5. The molecule has 0 amide bonds. The summed E-state index contributed by atoms with van der Waals surface area (Å²) in [4.78, 5) is 0. The van der Waals surface area contributed by atoms with Gasteiger partial charge in [0.1, 0.15) is 11.5 Å². The van der Waals surface area contributed by atoms with Crippen molar-refractivity contribution in [2.45, 2.75) is 63.6 Å². The van der Waals surface area contributed by atoms with Crippen LogP contribution in [0.2, 0.25) is 0 Å². The molecule has 51 heavy (non-hydrogen) atoms. The maximum absolute atomic E-state index is 10.9. The summed E-state index contributed by atoms with van der Waals surface area (Å²) in [6, 6.07) is 50.8. The Kier molecular flexibility index (Phi) is 10.8. The summed E-state index contributed by atoms with van der Waals surface area (Å²) in [5.41, 5.74) is 3.60. The average molecular weight is 679 g/mol. The fourth-order valence-electron chi connectivity index (χ4n) is 6.49. The molecule has 0 heterocycles. The van der Waals surface area contributed by atoms with Crippen LogP contribution in [0.15, 0.2) is 158 Å². The van der Waals surface area contributed by atoms with E-state index in [4.69, 9.17) is 14.2 Å². The molecule has 2 atom stereocenters. The minimum atomic E-state index is -0.414. The standard InChI is InChI=1S/C46H46O5/c1-45(2,35-17-9-5-10-18-35)31-43(33-25-27-39(47)41(29-33)49-37-21-13-7-14-22-37)51-44(32-46(3,4)36-19-11-6-12-20-36)34-26-28-40(48)42(30-34)50-38-23-15-8-16-24-38/h5-30,43-44,47-48H,31-32H2,1-4H3. The van der Waals surface area contributed by atoms with E-state index in [0.29, 0.717) is 35.8 Å². The molecule has 0 aliphatic carbocycles. The Morgan fingerprint density at radius 3 is 1.14 bits per heavy atom. The second kappa shape index (κ2) is 15.6. The lowest BCUT2D eigenvalue weighted by atomic mass is 9.77. The van der Waals surface area contributed by atoms with Crippen LogP contribution < -0.4 is 9.47 Å². The van der Waals surface area contributed by atoms with E-state index in [0.717, 1.165) is 11.1 Å². The number of rotatable bonds is 14. The maximum atomic E-state index is 10.9. The van der Waals surface area contributed by atoms with Gasteiger partial charge in [-0.15, -0.1) is 0 Å².